The second-order valence-electron chi connectivity index (χ2n) is 5.24. The second-order valence-corrected chi connectivity index (χ2v) is 5.24. The molecule has 3 N–H and O–H groups in total. The van der Waals surface area contributed by atoms with Gasteiger partial charge in [-0.1, -0.05) is 12.8 Å². The van der Waals surface area contributed by atoms with Crippen LogP contribution >= 0.6 is 0 Å². The highest BCUT2D eigenvalue weighted by Crippen LogP contribution is 2.30. The first-order valence-corrected chi connectivity index (χ1v) is 8.06. The lowest BCUT2D eigenvalue weighted by Gasteiger charge is -2.22. The summed E-state index contributed by atoms with van der Waals surface area (Å²) in [6.45, 7) is 7.14. The minimum Gasteiger partial charge on any atom is -0.395 e. The van der Waals surface area contributed by atoms with Crippen molar-refractivity contribution in [2.75, 3.05) is 32.8 Å². The Morgan fingerprint density at radius 3 is 2.65 bits per heavy atom. The van der Waals surface area contributed by atoms with E-state index in [0.29, 0.717) is 12.6 Å². The Balaban J connectivity index is 2.38. The summed E-state index contributed by atoms with van der Waals surface area (Å²) < 4.78 is 5.90. The molecule has 5 heteroatoms. The predicted octanol–water partition coefficient (Wildman–Crippen LogP) is 1.52. The summed E-state index contributed by atoms with van der Waals surface area (Å²) in [6.07, 6.45) is 6.63. The zero-order valence-corrected chi connectivity index (χ0v) is 13.0. The average Bonchev–Trinajstić information content (AvgIpc) is 2.97. The first-order chi connectivity index (χ1) is 9.81. The molecule has 0 amide bonds. The number of guanidine groups is 1. The molecule has 1 fully saturated rings. The van der Waals surface area contributed by atoms with E-state index in [1.54, 1.807) is 0 Å². The van der Waals surface area contributed by atoms with Gasteiger partial charge in [-0.15, -0.1) is 0 Å². The first kappa shape index (κ1) is 17.2. The molecule has 1 saturated carbocycles. The van der Waals surface area contributed by atoms with Crippen LogP contribution in [0.1, 0.15) is 46.0 Å². The molecule has 1 unspecified atom stereocenters. The summed E-state index contributed by atoms with van der Waals surface area (Å²) in [5.74, 6) is 1.50. The maximum Gasteiger partial charge on any atom is 0.191 e. The van der Waals surface area contributed by atoms with Crippen LogP contribution in [0.25, 0.3) is 0 Å². The van der Waals surface area contributed by atoms with Crippen LogP contribution in [0.5, 0.6) is 0 Å². The number of hydrogen-bond donors (Lipinski definition) is 3. The Hall–Kier alpha value is -0.810. The summed E-state index contributed by atoms with van der Waals surface area (Å²) in [5.41, 5.74) is 0. The quantitative estimate of drug-likeness (QED) is 0.444. The Labute approximate surface area is 123 Å². The monoisotopic (exact) mass is 285 g/mol. The molecular weight excluding hydrogens is 254 g/mol. The molecule has 118 valence electrons. The van der Waals surface area contributed by atoms with Crippen molar-refractivity contribution < 1.29 is 9.84 Å². The molecule has 0 aromatic heterocycles. The van der Waals surface area contributed by atoms with Gasteiger partial charge in [-0.2, -0.15) is 0 Å². The molecule has 0 spiro atoms. The van der Waals surface area contributed by atoms with Crippen LogP contribution in [0.3, 0.4) is 0 Å². The number of hydrogen-bond acceptors (Lipinski definition) is 3. The molecule has 1 aliphatic carbocycles. The van der Waals surface area contributed by atoms with Crippen LogP contribution in [0.4, 0.5) is 0 Å². The van der Waals surface area contributed by atoms with Gasteiger partial charge >= 0.3 is 0 Å². The zero-order chi connectivity index (χ0) is 14.6. The number of aliphatic hydroxyl groups excluding tert-OH is 1. The van der Waals surface area contributed by atoms with E-state index in [1.165, 1.54) is 25.7 Å². The van der Waals surface area contributed by atoms with Gasteiger partial charge in [0.2, 0.25) is 0 Å². The van der Waals surface area contributed by atoms with Gasteiger partial charge in [0, 0.05) is 26.2 Å². The minimum atomic E-state index is 0.119. The zero-order valence-electron chi connectivity index (χ0n) is 13.0. The molecule has 0 radical (unpaired) electrons. The fourth-order valence-electron chi connectivity index (χ4n) is 2.82. The first-order valence-electron chi connectivity index (χ1n) is 8.06. The van der Waals surface area contributed by atoms with Crippen molar-refractivity contribution in [3.63, 3.8) is 0 Å². The molecule has 1 rings (SSSR count). The SMILES string of the molecule is CCNC(=NCCC(OCC)C1CCCC1)NCCO. The lowest BCUT2D eigenvalue weighted by molar-refractivity contribution is 0.0177. The molecule has 0 bridgehead atoms. The highest BCUT2D eigenvalue weighted by atomic mass is 16.5. The molecule has 0 heterocycles. The van der Waals surface area contributed by atoms with Crippen molar-refractivity contribution in [1.29, 1.82) is 0 Å². The lowest BCUT2D eigenvalue weighted by atomic mass is 9.98. The molecular formula is C15H31N3O2. The minimum absolute atomic E-state index is 0.119. The number of nitrogens with zero attached hydrogens (tertiary/aromatic N) is 1. The highest BCUT2D eigenvalue weighted by Gasteiger charge is 2.24. The van der Waals surface area contributed by atoms with E-state index < -0.39 is 0 Å². The van der Waals surface area contributed by atoms with Gasteiger partial charge in [0.05, 0.1) is 12.7 Å². The molecule has 0 aromatic carbocycles. The Morgan fingerprint density at radius 2 is 2.05 bits per heavy atom. The summed E-state index contributed by atoms with van der Waals surface area (Å²) in [6, 6.07) is 0. The number of aliphatic hydroxyl groups is 1. The van der Waals surface area contributed by atoms with E-state index in [2.05, 4.69) is 22.5 Å². The molecule has 0 saturated heterocycles. The van der Waals surface area contributed by atoms with Gasteiger partial charge < -0.3 is 20.5 Å². The van der Waals surface area contributed by atoms with Crippen molar-refractivity contribution in [2.24, 2.45) is 10.9 Å². The van der Waals surface area contributed by atoms with Gasteiger partial charge in [0.25, 0.3) is 0 Å². The van der Waals surface area contributed by atoms with Crippen molar-refractivity contribution in [3.05, 3.63) is 0 Å². The smallest absolute Gasteiger partial charge is 0.191 e. The Bertz CT molecular complexity index is 266. The Kier molecular flexibility index (Phi) is 9.41. The maximum absolute atomic E-state index is 8.85. The average molecular weight is 285 g/mol. The van der Waals surface area contributed by atoms with E-state index in [4.69, 9.17) is 9.84 Å². The Morgan fingerprint density at radius 1 is 1.30 bits per heavy atom. The van der Waals surface area contributed by atoms with Gasteiger partial charge in [0.15, 0.2) is 5.96 Å². The van der Waals surface area contributed by atoms with E-state index in [-0.39, 0.29) is 6.61 Å². The fourth-order valence-corrected chi connectivity index (χ4v) is 2.82. The van der Waals surface area contributed by atoms with Gasteiger partial charge in [-0.25, -0.2) is 0 Å². The molecule has 1 aliphatic rings. The lowest BCUT2D eigenvalue weighted by Crippen LogP contribution is -2.39. The second kappa shape index (κ2) is 10.9. The van der Waals surface area contributed by atoms with Crippen LogP contribution in [0, 0.1) is 5.92 Å². The highest BCUT2D eigenvalue weighted by molar-refractivity contribution is 5.79. The predicted molar refractivity (Wildman–Crippen MR) is 83.1 cm³/mol. The molecule has 0 aromatic rings. The van der Waals surface area contributed by atoms with Crippen molar-refractivity contribution in [3.8, 4) is 0 Å². The maximum atomic E-state index is 8.85. The normalized spacial score (nSPS) is 18.2. The van der Waals surface area contributed by atoms with Gasteiger partial charge in [-0.05, 0) is 39.0 Å². The molecule has 1 atom stereocenters. The van der Waals surface area contributed by atoms with E-state index in [1.807, 2.05) is 6.92 Å². The molecule has 20 heavy (non-hydrogen) atoms. The van der Waals surface area contributed by atoms with E-state index in [9.17, 15) is 0 Å². The van der Waals surface area contributed by atoms with Crippen LogP contribution in [-0.2, 0) is 4.74 Å². The fraction of sp³-hybridized carbons (Fsp3) is 0.933. The number of nitrogens with one attached hydrogen (secondary N) is 2. The van der Waals surface area contributed by atoms with E-state index in [0.717, 1.165) is 38.0 Å². The van der Waals surface area contributed by atoms with Crippen LogP contribution in [0.15, 0.2) is 4.99 Å². The third-order valence-corrected chi connectivity index (χ3v) is 3.74. The summed E-state index contributed by atoms with van der Waals surface area (Å²) in [5, 5.41) is 15.1. The van der Waals surface area contributed by atoms with Crippen molar-refractivity contribution >= 4 is 5.96 Å². The topological polar surface area (TPSA) is 65.9 Å². The van der Waals surface area contributed by atoms with E-state index >= 15 is 0 Å². The van der Waals surface area contributed by atoms with Gasteiger partial charge in [-0.3, -0.25) is 4.99 Å². The summed E-state index contributed by atoms with van der Waals surface area (Å²) in [7, 11) is 0. The third kappa shape index (κ3) is 6.57. The largest absolute Gasteiger partial charge is 0.395 e. The summed E-state index contributed by atoms with van der Waals surface area (Å²) >= 11 is 0. The standard InChI is InChI=1S/C15H31N3O2/c1-3-16-15(18-11-12-19)17-10-9-14(20-4-2)13-7-5-6-8-13/h13-14,19H,3-12H2,1-2H3,(H2,16,17,18). The number of rotatable bonds is 9. The summed E-state index contributed by atoms with van der Waals surface area (Å²) in [4.78, 5) is 4.55. The van der Waals surface area contributed by atoms with Gasteiger partial charge in [0.1, 0.15) is 0 Å². The van der Waals surface area contributed by atoms with Crippen LogP contribution in [-0.4, -0.2) is 50.0 Å². The van der Waals surface area contributed by atoms with Crippen LogP contribution in [0.2, 0.25) is 0 Å². The molecule has 5 nitrogen and oxygen atoms in total. The number of ether oxygens (including phenoxy) is 1. The van der Waals surface area contributed by atoms with Crippen molar-refractivity contribution in [1.82, 2.24) is 10.6 Å². The van der Waals surface area contributed by atoms with Crippen molar-refractivity contribution in [2.45, 2.75) is 52.1 Å². The van der Waals surface area contributed by atoms with Crippen LogP contribution < -0.4 is 10.6 Å². The molecule has 0 aliphatic heterocycles. The number of aliphatic imine (C=N–C) groups is 1. The third-order valence-electron chi connectivity index (χ3n) is 3.74.